The van der Waals surface area contributed by atoms with Gasteiger partial charge in [-0.2, -0.15) is 0 Å². The van der Waals surface area contributed by atoms with Crippen LogP contribution in [0.3, 0.4) is 0 Å². The Bertz CT molecular complexity index is 692. The van der Waals surface area contributed by atoms with E-state index in [1.165, 1.54) is 0 Å². The minimum absolute atomic E-state index is 0. The van der Waals surface area contributed by atoms with Gasteiger partial charge in [-0.1, -0.05) is 60.7 Å². The summed E-state index contributed by atoms with van der Waals surface area (Å²) in [6.45, 7) is 1.94. The van der Waals surface area contributed by atoms with Gasteiger partial charge in [0.25, 0.3) is 0 Å². The topological polar surface area (TPSA) is 98.6 Å². The van der Waals surface area contributed by atoms with Crippen molar-refractivity contribution in [2.24, 2.45) is 11.5 Å². The van der Waals surface area contributed by atoms with E-state index in [0.717, 1.165) is 11.1 Å². The van der Waals surface area contributed by atoms with Gasteiger partial charge in [0, 0.05) is 6.04 Å². The van der Waals surface area contributed by atoms with Crippen LogP contribution in [0, 0.1) is 0 Å². The molecule has 0 aliphatic heterocycles. The molecule has 2 aromatic carbocycles. The van der Waals surface area contributed by atoms with Crippen LogP contribution in [-0.4, -0.2) is 29.4 Å². The zero-order valence-electron chi connectivity index (χ0n) is 15.3. The largest absolute Gasteiger partial charge is 0.381 e. The van der Waals surface area contributed by atoms with Crippen LogP contribution < -0.4 is 11.5 Å². The fourth-order valence-corrected chi connectivity index (χ4v) is 5.06. The van der Waals surface area contributed by atoms with E-state index in [9.17, 15) is 9.67 Å². The maximum Gasteiger partial charge on any atom is 0.248 e. The van der Waals surface area contributed by atoms with Gasteiger partial charge in [-0.25, -0.2) is 0 Å². The zero-order valence-corrected chi connectivity index (χ0v) is 17.8. The molecule has 0 saturated heterocycles. The summed E-state index contributed by atoms with van der Waals surface area (Å²) in [6, 6.07) is 18.3. The second-order valence-corrected chi connectivity index (χ2v) is 8.83. The highest BCUT2D eigenvalue weighted by Crippen LogP contribution is 2.55. The molecule has 4 unspecified atom stereocenters. The Morgan fingerprint density at radius 1 is 0.926 bits per heavy atom. The monoisotopic (exact) mass is 434 g/mol. The molecule has 0 bridgehead atoms. The van der Waals surface area contributed by atoms with Crippen LogP contribution in [-0.2, 0) is 21.9 Å². The Labute approximate surface area is 173 Å². The average molecular weight is 435 g/mol. The van der Waals surface area contributed by atoms with E-state index in [1.807, 2.05) is 60.7 Å². The fraction of sp³-hybridized carbons (Fsp3) is 0.368. The van der Waals surface area contributed by atoms with Gasteiger partial charge in [0.2, 0.25) is 7.37 Å². The van der Waals surface area contributed by atoms with Gasteiger partial charge in [-0.3, -0.25) is 4.57 Å². The van der Waals surface area contributed by atoms with Crippen molar-refractivity contribution in [3.05, 3.63) is 71.8 Å². The van der Waals surface area contributed by atoms with Crippen molar-refractivity contribution >= 4 is 32.2 Å². The molecule has 8 heteroatoms. The van der Waals surface area contributed by atoms with Gasteiger partial charge < -0.3 is 21.1 Å². The van der Waals surface area contributed by atoms with E-state index in [1.54, 1.807) is 6.92 Å². The molecule has 5 N–H and O–H groups in total. The summed E-state index contributed by atoms with van der Waals surface area (Å²) in [7, 11) is -3.55. The van der Waals surface area contributed by atoms with Crippen molar-refractivity contribution in [2.75, 3.05) is 6.61 Å². The lowest BCUT2D eigenvalue weighted by Gasteiger charge is -2.31. The highest BCUT2D eigenvalue weighted by molar-refractivity contribution is 7.60. The van der Waals surface area contributed by atoms with Gasteiger partial charge in [0.15, 0.2) is 0 Å². The van der Waals surface area contributed by atoms with Gasteiger partial charge in [0.05, 0.1) is 12.4 Å². The van der Waals surface area contributed by atoms with E-state index in [-0.39, 0.29) is 31.4 Å². The van der Waals surface area contributed by atoms with Crippen molar-refractivity contribution in [1.29, 1.82) is 0 Å². The zero-order chi connectivity index (χ0) is 18.3. The fourth-order valence-electron chi connectivity index (χ4n) is 2.81. The number of rotatable bonds is 9. The first-order valence-electron chi connectivity index (χ1n) is 8.48. The third-order valence-corrected chi connectivity index (χ3v) is 7.04. The van der Waals surface area contributed by atoms with Crippen LogP contribution in [0.1, 0.15) is 18.1 Å². The normalized spacial score (nSPS) is 16.1. The van der Waals surface area contributed by atoms with Crippen molar-refractivity contribution in [3.8, 4) is 0 Å². The summed E-state index contributed by atoms with van der Waals surface area (Å²) >= 11 is 0. The second-order valence-electron chi connectivity index (χ2n) is 6.09. The first-order valence-corrected chi connectivity index (χ1v) is 10.2. The summed E-state index contributed by atoms with van der Waals surface area (Å²) in [4.78, 5) is 0. The predicted molar refractivity (Wildman–Crippen MR) is 116 cm³/mol. The van der Waals surface area contributed by atoms with Gasteiger partial charge >= 0.3 is 0 Å². The molecule has 27 heavy (non-hydrogen) atoms. The van der Waals surface area contributed by atoms with Crippen LogP contribution in [0.15, 0.2) is 60.7 Å². The molecular formula is C19H29Cl2N2O3P. The molecule has 2 aromatic rings. The number of aliphatic hydroxyl groups excluding tert-OH is 1. The van der Waals surface area contributed by atoms with Crippen molar-refractivity contribution in [1.82, 2.24) is 0 Å². The molecular weight excluding hydrogens is 406 g/mol. The maximum absolute atomic E-state index is 13.4. The highest BCUT2D eigenvalue weighted by Gasteiger charge is 2.42. The van der Waals surface area contributed by atoms with Crippen LogP contribution >= 0.6 is 32.2 Å². The summed E-state index contributed by atoms with van der Waals surface area (Å²) < 4.78 is 18.9. The number of aliphatic hydroxyl groups is 1. The standard InChI is InChI=1S/C19H27N2O3P.2ClH/c1-2-24-25(23,18(21)14-16-11-7-4-8-12-16)19(22)17(20)13-15-9-5-3-6-10-15;;/h3-12,17-19,22H,2,13-14,20-21H2,1H3;2*1H. The van der Waals surface area contributed by atoms with Crippen molar-refractivity contribution in [3.63, 3.8) is 0 Å². The summed E-state index contributed by atoms with van der Waals surface area (Å²) in [6.07, 6.45) is 0.754. The third-order valence-electron chi connectivity index (χ3n) is 4.15. The summed E-state index contributed by atoms with van der Waals surface area (Å²) in [5, 5.41) is 10.7. The van der Waals surface area contributed by atoms with Crippen LogP contribution in [0.25, 0.3) is 0 Å². The van der Waals surface area contributed by atoms with Crippen LogP contribution in [0.2, 0.25) is 0 Å². The molecule has 152 valence electrons. The lowest BCUT2D eigenvalue weighted by atomic mass is 10.1. The number of halogens is 2. The molecule has 0 amide bonds. The molecule has 0 aliphatic carbocycles. The quantitative estimate of drug-likeness (QED) is 0.524. The molecule has 0 spiro atoms. The summed E-state index contributed by atoms with van der Waals surface area (Å²) in [5.74, 6) is -2.13. The molecule has 2 rings (SSSR count). The van der Waals surface area contributed by atoms with E-state index in [4.69, 9.17) is 16.0 Å². The number of hydrogen-bond donors (Lipinski definition) is 3. The van der Waals surface area contributed by atoms with Crippen molar-refractivity contribution in [2.45, 2.75) is 37.4 Å². The minimum atomic E-state index is -3.55. The molecule has 0 heterocycles. The SMILES string of the molecule is CCOP(=O)(C(N)Cc1ccccc1)C(O)C(N)Cc1ccccc1.Cl.Cl. The molecule has 0 aliphatic rings. The Hall–Kier alpha value is -0.910. The van der Waals surface area contributed by atoms with Gasteiger partial charge in [-0.15, -0.1) is 24.8 Å². The molecule has 0 saturated carbocycles. The van der Waals surface area contributed by atoms with Gasteiger partial charge in [-0.05, 0) is 30.9 Å². The molecule has 5 nitrogen and oxygen atoms in total. The third kappa shape index (κ3) is 7.20. The Morgan fingerprint density at radius 3 is 1.81 bits per heavy atom. The van der Waals surface area contributed by atoms with Crippen molar-refractivity contribution < 1.29 is 14.2 Å². The second kappa shape index (κ2) is 12.5. The maximum atomic E-state index is 13.4. The van der Waals surface area contributed by atoms with Crippen LogP contribution in [0.4, 0.5) is 0 Å². The molecule has 0 fully saturated rings. The first kappa shape index (κ1) is 26.1. The average Bonchev–Trinajstić information content (AvgIpc) is 2.62. The Morgan fingerprint density at radius 2 is 1.37 bits per heavy atom. The van der Waals surface area contributed by atoms with E-state index in [2.05, 4.69) is 0 Å². The smallest absolute Gasteiger partial charge is 0.248 e. The van der Waals surface area contributed by atoms with E-state index in [0.29, 0.717) is 12.8 Å². The highest BCUT2D eigenvalue weighted by atomic mass is 35.5. The minimum Gasteiger partial charge on any atom is -0.381 e. The lowest BCUT2D eigenvalue weighted by Crippen LogP contribution is -2.41. The Balaban J connectivity index is 0.00000338. The van der Waals surface area contributed by atoms with E-state index >= 15 is 0 Å². The predicted octanol–water partition coefficient (Wildman–Crippen LogP) is 3.56. The number of hydrogen-bond acceptors (Lipinski definition) is 5. The molecule has 4 atom stereocenters. The number of benzene rings is 2. The lowest BCUT2D eigenvalue weighted by molar-refractivity contribution is 0.181. The number of nitrogens with two attached hydrogens (primary N) is 2. The summed E-state index contributed by atoms with van der Waals surface area (Å²) in [5.41, 5.74) is 14.2. The first-order chi connectivity index (χ1) is 12.0. The van der Waals surface area contributed by atoms with E-state index < -0.39 is 25.0 Å². The molecule has 0 aromatic heterocycles. The van der Waals surface area contributed by atoms with Crippen LogP contribution in [0.5, 0.6) is 0 Å². The molecule has 0 radical (unpaired) electrons. The van der Waals surface area contributed by atoms with Gasteiger partial charge in [0.1, 0.15) is 5.85 Å². The Kier molecular flexibility index (Phi) is 12.1.